The molecule has 0 saturated heterocycles. The highest BCUT2D eigenvalue weighted by Crippen LogP contribution is 2.34. The molecule has 2 rings (SSSR count). The Bertz CT molecular complexity index is 813. The van der Waals surface area contributed by atoms with Crippen molar-refractivity contribution in [2.24, 2.45) is 0 Å². The van der Waals surface area contributed by atoms with E-state index in [0.29, 0.717) is 28.5 Å². The topological polar surface area (TPSA) is 73.9 Å². The van der Waals surface area contributed by atoms with Crippen molar-refractivity contribution < 1.29 is 23.8 Å². The van der Waals surface area contributed by atoms with Crippen molar-refractivity contribution in [3.63, 3.8) is 0 Å². The molecule has 26 heavy (non-hydrogen) atoms. The lowest BCUT2D eigenvalue weighted by atomic mass is 10.1. The van der Waals surface area contributed by atoms with E-state index in [4.69, 9.17) is 14.2 Å². The monoisotopic (exact) mass is 377 g/mol. The first-order valence-electron chi connectivity index (χ1n) is 8.16. The summed E-state index contributed by atoms with van der Waals surface area (Å²) in [5, 5.41) is 3.37. The van der Waals surface area contributed by atoms with Gasteiger partial charge in [0.15, 0.2) is 11.5 Å². The van der Waals surface area contributed by atoms with Crippen LogP contribution >= 0.6 is 11.3 Å². The molecular weight excluding hydrogens is 354 g/mol. The van der Waals surface area contributed by atoms with Crippen LogP contribution in [0.25, 0.3) is 0 Å². The SMILES string of the molecule is CCc1c(C)sc(NC(=O)Cc2ccc(OC)c(OC)c2)c1C(=O)OC. The summed E-state index contributed by atoms with van der Waals surface area (Å²) >= 11 is 1.38. The Labute approximate surface area is 157 Å². The van der Waals surface area contributed by atoms with Gasteiger partial charge in [-0.25, -0.2) is 4.79 Å². The summed E-state index contributed by atoms with van der Waals surface area (Å²) in [6.07, 6.45) is 0.845. The number of hydrogen-bond acceptors (Lipinski definition) is 6. The number of methoxy groups -OCH3 is 3. The first kappa shape index (κ1) is 19.8. The highest BCUT2D eigenvalue weighted by atomic mass is 32.1. The van der Waals surface area contributed by atoms with Crippen LogP contribution in [0.15, 0.2) is 18.2 Å². The maximum atomic E-state index is 12.5. The predicted molar refractivity (Wildman–Crippen MR) is 102 cm³/mol. The summed E-state index contributed by atoms with van der Waals surface area (Å²) in [6.45, 7) is 3.90. The molecule has 6 nitrogen and oxygen atoms in total. The second kappa shape index (κ2) is 8.71. The number of carbonyl (C=O) groups excluding carboxylic acids is 2. The third-order valence-electron chi connectivity index (χ3n) is 4.02. The molecule has 0 aliphatic heterocycles. The van der Waals surface area contributed by atoms with E-state index in [2.05, 4.69) is 5.32 Å². The highest BCUT2D eigenvalue weighted by molar-refractivity contribution is 7.16. The van der Waals surface area contributed by atoms with E-state index in [9.17, 15) is 9.59 Å². The van der Waals surface area contributed by atoms with Gasteiger partial charge in [0, 0.05) is 4.88 Å². The van der Waals surface area contributed by atoms with Gasteiger partial charge in [0.2, 0.25) is 5.91 Å². The van der Waals surface area contributed by atoms with Crippen LogP contribution in [0.5, 0.6) is 11.5 Å². The predicted octanol–water partition coefficient (Wildman–Crippen LogP) is 3.60. The molecule has 1 heterocycles. The first-order valence-corrected chi connectivity index (χ1v) is 8.98. The Morgan fingerprint density at radius 1 is 1.12 bits per heavy atom. The summed E-state index contributed by atoms with van der Waals surface area (Å²) in [6, 6.07) is 5.32. The maximum Gasteiger partial charge on any atom is 0.341 e. The number of thiophene rings is 1. The molecule has 0 atom stereocenters. The number of ether oxygens (including phenoxy) is 3. The second-order valence-corrected chi connectivity index (χ2v) is 6.83. The molecule has 0 unspecified atom stereocenters. The molecule has 0 aliphatic rings. The van der Waals surface area contributed by atoms with E-state index in [1.165, 1.54) is 18.4 Å². The molecule has 0 fully saturated rings. The van der Waals surface area contributed by atoms with Crippen LogP contribution in [-0.4, -0.2) is 33.2 Å². The van der Waals surface area contributed by atoms with E-state index in [-0.39, 0.29) is 12.3 Å². The van der Waals surface area contributed by atoms with Gasteiger partial charge in [-0.1, -0.05) is 13.0 Å². The average Bonchev–Trinajstić information content (AvgIpc) is 2.95. The van der Waals surface area contributed by atoms with E-state index < -0.39 is 5.97 Å². The van der Waals surface area contributed by atoms with Crippen molar-refractivity contribution in [3.05, 3.63) is 39.8 Å². The molecule has 0 spiro atoms. The minimum atomic E-state index is -0.437. The van der Waals surface area contributed by atoms with Crippen molar-refractivity contribution >= 4 is 28.2 Å². The third-order valence-corrected chi connectivity index (χ3v) is 5.08. The van der Waals surface area contributed by atoms with Gasteiger partial charge >= 0.3 is 5.97 Å². The summed E-state index contributed by atoms with van der Waals surface area (Å²) < 4.78 is 15.3. The maximum absolute atomic E-state index is 12.5. The van der Waals surface area contributed by atoms with Crippen LogP contribution in [0.3, 0.4) is 0 Å². The number of nitrogens with one attached hydrogen (secondary N) is 1. The molecule has 1 amide bonds. The standard InChI is InChI=1S/C19H23NO5S/c1-6-13-11(2)26-18(17(13)19(22)25-5)20-16(21)10-12-7-8-14(23-3)15(9-12)24-4/h7-9H,6,10H2,1-5H3,(H,20,21). The fourth-order valence-corrected chi connectivity index (χ4v) is 3.91. The Morgan fingerprint density at radius 3 is 2.38 bits per heavy atom. The van der Waals surface area contributed by atoms with Crippen molar-refractivity contribution in [3.8, 4) is 11.5 Å². The molecule has 0 aliphatic carbocycles. The highest BCUT2D eigenvalue weighted by Gasteiger charge is 2.23. The molecule has 1 aromatic carbocycles. The van der Waals surface area contributed by atoms with Gasteiger partial charge in [-0.05, 0) is 36.6 Å². The van der Waals surface area contributed by atoms with Crippen molar-refractivity contribution in [1.29, 1.82) is 0 Å². The molecule has 1 N–H and O–H groups in total. The van der Waals surface area contributed by atoms with E-state index >= 15 is 0 Å². The van der Waals surface area contributed by atoms with Crippen LogP contribution in [0.4, 0.5) is 5.00 Å². The van der Waals surface area contributed by atoms with Gasteiger partial charge in [0.1, 0.15) is 5.00 Å². The number of aryl methyl sites for hydroxylation is 1. The van der Waals surface area contributed by atoms with E-state index in [1.54, 1.807) is 32.4 Å². The molecule has 0 saturated carbocycles. The van der Waals surface area contributed by atoms with Gasteiger partial charge in [-0.2, -0.15) is 0 Å². The quantitative estimate of drug-likeness (QED) is 0.746. The zero-order chi connectivity index (χ0) is 19.3. The number of carbonyl (C=O) groups is 2. The number of esters is 1. The van der Waals surface area contributed by atoms with E-state index in [1.807, 2.05) is 13.8 Å². The molecule has 1 aromatic heterocycles. The Kier molecular flexibility index (Phi) is 6.63. The van der Waals surface area contributed by atoms with Gasteiger partial charge in [0.05, 0.1) is 33.3 Å². The summed E-state index contributed by atoms with van der Waals surface area (Å²) in [4.78, 5) is 25.6. The summed E-state index contributed by atoms with van der Waals surface area (Å²) in [5.74, 6) is 0.512. The molecule has 140 valence electrons. The number of anilines is 1. The lowest BCUT2D eigenvalue weighted by molar-refractivity contribution is -0.115. The Balaban J connectivity index is 2.22. The van der Waals surface area contributed by atoms with Crippen LogP contribution < -0.4 is 14.8 Å². The first-order chi connectivity index (χ1) is 12.4. The smallest absolute Gasteiger partial charge is 0.341 e. The Morgan fingerprint density at radius 2 is 1.81 bits per heavy atom. The minimum Gasteiger partial charge on any atom is -0.493 e. The molecule has 0 radical (unpaired) electrons. The molecule has 2 aromatic rings. The largest absolute Gasteiger partial charge is 0.493 e. The van der Waals surface area contributed by atoms with Gasteiger partial charge in [0.25, 0.3) is 0 Å². The van der Waals surface area contributed by atoms with Crippen LogP contribution in [0, 0.1) is 6.92 Å². The molecular formula is C19H23NO5S. The van der Waals surface area contributed by atoms with Crippen LogP contribution in [0.1, 0.15) is 33.3 Å². The lowest BCUT2D eigenvalue weighted by Gasteiger charge is -2.10. The second-order valence-electron chi connectivity index (χ2n) is 5.60. The zero-order valence-corrected chi connectivity index (χ0v) is 16.4. The number of benzene rings is 1. The summed E-state index contributed by atoms with van der Waals surface area (Å²) in [7, 11) is 4.44. The van der Waals surface area contributed by atoms with Gasteiger partial charge < -0.3 is 19.5 Å². The van der Waals surface area contributed by atoms with Crippen molar-refractivity contribution in [2.45, 2.75) is 26.7 Å². The number of amides is 1. The van der Waals surface area contributed by atoms with Crippen molar-refractivity contribution in [2.75, 3.05) is 26.6 Å². The van der Waals surface area contributed by atoms with Gasteiger partial charge in [-0.15, -0.1) is 11.3 Å². The third kappa shape index (κ3) is 4.16. The van der Waals surface area contributed by atoms with Crippen LogP contribution in [-0.2, 0) is 22.4 Å². The molecule has 7 heteroatoms. The van der Waals surface area contributed by atoms with Gasteiger partial charge in [-0.3, -0.25) is 4.79 Å². The Hall–Kier alpha value is -2.54. The average molecular weight is 377 g/mol. The molecule has 0 bridgehead atoms. The number of hydrogen-bond donors (Lipinski definition) is 1. The van der Waals surface area contributed by atoms with Crippen molar-refractivity contribution in [1.82, 2.24) is 0 Å². The normalized spacial score (nSPS) is 10.3. The minimum absolute atomic E-state index is 0.152. The fourth-order valence-electron chi connectivity index (χ4n) is 2.76. The number of rotatable bonds is 7. The zero-order valence-electron chi connectivity index (χ0n) is 15.6. The summed E-state index contributed by atoms with van der Waals surface area (Å²) in [5.41, 5.74) is 2.13. The van der Waals surface area contributed by atoms with E-state index in [0.717, 1.165) is 16.0 Å². The fraction of sp³-hybridized carbons (Fsp3) is 0.368. The lowest BCUT2D eigenvalue weighted by Crippen LogP contribution is -2.16. The van der Waals surface area contributed by atoms with Crippen LogP contribution in [0.2, 0.25) is 0 Å².